The Balaban J connectivity index is 1.76. The number of halogens is 1. The van der Waals surface area contributed by atoms with E-state index in [2.05, 4.69) is 29.5 Å². The zero-order chi connectivity index (χ0) is 14.5. The fraction of sp³-hybridized carbons (Fsp3) is 0.533. The Morgan fingerprint density at radius 3 is 2.75 bits per heavy atom. The van der Waals surface area contributed by atoms with Crippen molar-refractivity contribution in [2.24, 2.45) is 5.92 Å². The van der Waals surface area contributed by atoms with Crippen molar-refractivity contribution >= 4 is 11.6 Å². The number of benzene rings is 1. The van der Waals surface area contributed by atoms with Gasteiger partial charge in [-0.1, -0.05) is 6.92 Å². The molecule has 2 atom stereocenters. The molecule has 1 amide bonds. The first-order chi connectivity index (χ1) is 9.54. The van der Waals surface area contributed by atoms with Crippen molar-refractivity contribution in [1.82, 2.24) is 10.2 Å². The van der Waals surface area contributed by atoms with Crippen LogP contribution < -0.4 is 10.6 Å². The van der Waals surface area contributed by atoms with Crippen LogP contribution in [0.1, 0.15) is 13.3 Å². The molecule has 4 nitrogen and oxygen atoms in total. The summed E-state index contributed by atoms with van der Waals surface area (Å²) in [6.07, 6.45) is 1.06. The molecule has 0 bridgehead atoms. The Kier molecular flexibility index (Phi) is 5.09. The second kappa shape index (κ2) is 6.81. The molecule has 1 heterocycles. The minimum atomic E-state index is -0.304. The number of hydrogen-bond acceptors (Lipinski definition) is 3. The molecule has 110 valence electrons. The molecule has 2 unspecified atom stereocenters. The van der Waals surface area contributed by atoms with Crippen LogP contribution in [0.5, 0.6) is 0 Å². The predicted octanol–water partition coefficient (Wildman–Crippen LogP) is 1.69. The summed E-state index contributed by atoms with van der Waals surface area (Å²) in [4.78, 5) is 14.1. The molecule has 0 spiro atoms. The summed E-state index contributed by atoms with van der Waals surface area (Å²) in [6, 6.07) is 6.17. The van der Waals surface area contributed by atoms with Crippen LogP contribution in [0.4, 0.5) is 10.1 Å². The quantitative estimate of drug-likeness (QED) is 0.881. The van der Waals surface area contributed by atoms with Crippen LogP contribution in [0.3, 0.4) is 0 Å². The maximum Gasteiger partial charge on any atom is 0.238 e. The molecule has 2 rings (SSSR count). The van der Waals surface area contributed by atoms with Gasteiger partial charge in [0.05, 0.1) is 6.54 Å². The topological polar surface area (TPSA) is 44.4 Å². The van der Waals surface area contributed by atoms with Crippen LogP contribution in [0.25, 0.3) is 0 Å². The summed E-state index contributed by atoms with van der Waals surface area (Å²) in [5, 5.41) is 6.06. The van der Waals surface area contributed by atoms with E-state index in [4.69, 9.17) is 0 Å². The van der Waals surface area contributed by atoms with Gasteiger partial charge in [-0.15, -0.1) is 0 Å². The first-order valence-electron chi connectivity index (χ1n) is 7.02. The molecule has 0 aromatic heterocycles. The third-order valence-electron chi connectivity index (χ3n) is 3.76. The maximum atomic E-state index is 12.8. The van der Waals surface area contributed by atoms with Gasteiger partial charge in [-0.2, -0.15) is 0 Å². The van der Waals surface area contributed by atoms with E-state index in [-0.39, 0.29) is 18.3 Å². The van der Waals surface area contributed by atoms with Gasteiger partial charge in [0.15, 0.2) is 0 Å². The minimum Gasteiger partial charge on any atom is -0.325 e. The highest BCUT2D eigenvalue weighted by atomic mass is 19.1. The lowest BCUT2D eigenvalue weighted by molar-refractivity contribution is -0.115. The Bertz CT molecular complexity index is 449. The molecule has 1 saturated heterocycles. The molecule has 1 aromatic rings. The average molecular weight is 279 g/mol. The smallest absolute Gasteiger partial charge is 0.238 e. The molecule has 1 aliphatic rings. The number of likely N-dealkylation sites (tertiary alicyclic amines) is 1. The van der Waals surface area contributed by atoms with Crippen LogP contribution in [-0.2, 0) is 4.79 Å². The normalized spacial score (nSPS) is 23.6. The fourth-order valence-electron chi connectivity index (χ4n) is 2.62. The van der Waals surface area contributed by atoms with Gasteiger partial charge in [0, 0.05) is 18.3 Å². The SMILES string of the molecule is CC1CN(C)CCC1NCC(=O)Nc1ccc(F)cc1. The highest BCUT2D eigenvalue weighted by Crippen LogP contribution is 2.15. The van der Waals surface area contributed by atoms with Crippen molar-refractivity contribution < 1.29 is 9.18 Å². The lowest BCUT2D eigenvalue weighted by Gasteiger charge is -2.35. The van der Waals surface area contributed by atoms with E-state index in [0.717, 1.165) is 19.5 Å². The summed E-state index contributed by atoms with van der Waals surface area (Å²) in [5.41, 5.74) is 0.620. The number of amides is 1. The average Bonchev–Trinajstić information content (AvgIpc) is 2.40. The van der Waals surface area contributed by atoms with Crippen molar-refractivity contribution in [3.63, 3.8) is 0 Å². The third-order valence-corrected chi connectivity index (χ3v) is 3.76. The Labute approximate surface area is 119 Å². The van der Waals surface area contributed by atoms with E-state index in [1.165, 1.54) is 12.1 Å². The molecule has 5 heteroatoms. The summed E-state index contributed by atoms with van der Waals surface area (Å²) in [7, 11) is 2.12. The molecule has 1 aromatic carbocycles. The lowest BCUT2D eigenvalue weighted by Crippen LogP contribution is -2.48. The molecular weight excluding hydrogens is 257 g/mol. The van der Waals surface area contributed by atoms with Gasteiger partial charge in [-0.3, -0.25) is 4.79 Å². The molecule has 1 aliphatic heterocycles. The number of anilines is 1. The van der Waals surface area contributed by atoms with E-state index >= 15 is 0 Å². The van der Waals surface area contributed by atoms with E-state index in [1.54, 1.807) is 12.1 Å². The van der Waals surface area contributed by atoms with E-state index in [1.807, 2.05) is 0 Å². The van der Waals surface area contributed by atoms with Crippen molar-refractivity contribution in [3.8, 4) is 0 Å². The van der Waals surface area contributed by atoms with Gasteiger partial charge in [-0.05, 0) is 50.2 Å². The van der Waals surface area contributed by atoms with Gasteiger partial charge >= 0.3 is 0 Å². The van der Waals surface area contributed by atoms with Crippen molar-refractivity contribution in [2.75, 3.05) is 32.0 Å². The Morgan fingerprint density at radius 2 is 2.10 bits per heavy atom. The van der Waals surface area contributed by atoms with E-state index in [0.29, 0.717) is 17.6 Å². The summed E-state index contributed by atoms with van der Waals surface area (Å²) < 4.78 is 12.8. The lowest BCUT2D eigenvalue weighted by atomic mass is 9.94. The first kappa shape index (κ1) is 14.9. The first-order valence-corrected chi connectivity index (χ1v) is 7.02. The van der Waals surface area contributed by atoms with Gasteiger partial charge in [0.2, 0.25) is 5.91 Å². The highest BCUT2D eigenvalue weighted by molar-refractivity contribution is 5.92. The monoisotopic (exact) mass is 279 g/mol. The van der Waals surface area contributed by atoms with E-state index in [9.17, 15) is 9.18 Å². The fourth-order valence-corrected chi connectivity index (χ4v) is 2.62. The summed E-state index contributed by atoms with van der Waals surface area (Å²) in [5.74, 6) is 0.136. The number of piperidine rings is 1. The van der Waals surface area contributed by atoms with Gasteiger partial charge in [0.25, 0.3) is 0 Å². The number of nitrogens with one attached hydrogen (secondary N) is 2. The molecule has 0 saturated carbocycles. The molecule has 20 heavy (non-hydrogen) atoms. The minimum absolute atomic E-state index is 0.0947. The molecule has 2 N–H and O–H groups in total. The Morgan fingerprint density at radius 1 is 1.40 bits per heavy atom. The van der Waals surface area contributed by atoms with Gasteiger partial charge in [-0.25, -0.2) is 4.39 Å². The molecule has 0 aliphatic carbocycles. The number of hydrogen-bond donors (Lipinski definition) is 2. The van der Waals surface area contributed by atoms with Crippen LogP contribution in [0.15, 0.2) is 24.3 Å². The number of carbonyl (C=O) groups is 1. The third kappa shape index (κ3) is 4.28. The number of nitrogens with zero attached hydrogens (tertiary/aromatic N) is 1. The standard InChI is InChI=1S/C15H22FN3O/c1-11-10-19(2)8-7-14(11)17-9-15(20)18-13-5-3-12(16)4-6-13/h3-6,11,14,17H,7-10H2,1-2H3,(H,18,20). The summed E-state index contributed by atoms with van der Waals surface area (Å²) >= 11 is 0. The number of carbonyl (C=O) groups excluding carboxylic acids is 1. The highest BCUT2D eigenvalue weighted by Gasteiger charge is 2.23. The van der Waals surface area contributed by atoms with Crippen LogP contribution >= 0.6 is 0 Å². The van der Waals surface area contributed by atoms with Crippen LogP contribution in [0.2, 0.25) is 0 Å². The second-order valence-corrected chi connectivity index (χ2v) is 5.57. The van der Waals surface area contributed by atoms with Crippen LogP contribution in [0, 0.1) is 11.7 Å². The molecule has 1 fully saturated rings. The van der Waals surface area contributed by atoms with Gasteiger partial charge in [0.1, 0.15) is 5.82 Å². The largest absolute Gasteiger partial charge is 0.325 e. The van der Waals surface area contributed by atoms with Crippen LogP contribution in [-0.4, -0.2) is 43.5 Å². The predicted molar refractivity (Wildman–Crippen MR) is 78.1 cm³/mol. The van der Waals surface area contributed by atoms with Crippen molar-refractivity contribution in [3.05, 3.63) is 30.1 Å². The number of rotatable bonds is 4. The summed E-state index contributed by atoms with van der Waals surface area (Å²) in [6.45, 7) is 4.60. The molecular formula is C15H22FN3O. The zero-order valence-corrected chi connectivity index (χ0v) is 12.0. The van der Waals surface area contributed by atoms with E-state index < -0.39 is 0 Å². The van der Waals surface area contributed by atoms with Crippen molar-refractivity contribution in [1.29, 1.82) is 0 Å². The van der Waals surface area contributed by atoms with Gasteiger partial charge < -0.3 is 15.5 Å². The van der Waals surface area contributed by atoms with Crippen molar-refractivity contribution in [2.45, 2.75) is 19.4 Å². The Hall–Kier alpha value is -1.46. The maximum absolute atomic E-state index is 12.8. The second-order valence-electron chi connectivity index (χ2n) is 5.57. The molecule has 0 radical (unpaired) electrons. The zero-order valence-electron chi connectivity index (χ0n) is 12.0.